The van der Waals surface area contributed by atoms with Gasteiger partial charge in [0.2, 0.25) is 0 Å². The number of aliphatic hydroxyl groups is 1. The van der Waals surface area contributed by atoms with E-state index in [4.69, 9.17) is 4.74 Å². The maximum atomic E-state index is 12.2. The standard InChI is InChI=1S/C36H70O4.C20H42O/c1-3-5-7-9-11-13-15-17-19-21-23-25-27-29-31-33-35(37)40-34(36(38)39)32-30-28-26-24-22-20-18-16-14-12-10-8-6-4-2;1-3-5-7-9-11-12-13-15-17-19-20(21)18-16-14-10-8-6-4-2/h34H,3-33H2,1-2H3,(H,38,39);20-21H,3-19H2,1-2H3. The highest BCUT2D eigenvalue weighted by molar-refractivity contribution is 5.77. The molecule has 0 rings (SSSR count). The van der Waals surface area contributed by atoms with E-state index in [1.54, 1.807) is 0 Å². The smallest absolute Gasteiger partial charge is 0.345 e. The lowest BCUT2D eigenvalue weighted by molar-refractivity contribution is -0.164. The Balaban J connectivity index is 0. The molecule has 0 aromatic carbocycles. The Kier molecular flexibility index (Phi) is 55.9. The van der Waals surface area contributed by atoms with Crippen molar-refractivity contribution in [3.8, 4) is 0 Å². The van der Waals surface area contributed by atoms with Gasteiger partial charge in [-0.15, -0.1) is 0 Å². The van der Waals surface area contributed by atoms with E-state index in [-0.39, 0.29) is 12.1 Å². The maximum Gasteiger partial charge on any atom is 0.345 e. The molecular formula is C56H112O5. The minimum Gasteiger partial charge on any atom is -0.479 e. The second-order valence-corrected chi connectivity index (χ2v) is 19.2. The zero-order valence-corrected chi connectivity index (χ0v) is 42.2. The number of carboxylic acids is 1. The number of unbranched alkanes of at least 4 members (excludes halogenated alkanes) is 40. The molecule has 0 saturated heterocycles. The highest BCUT2D eigenvalue weighted by Crippen LogP contribution is 2.18. The first-order valence-corrected chi connectivity index (χ1v) is 28.0. The van der Waals surface area contributed by atoms with Crippen LogP contribution in [0.1, 0.15) is 336 Å². The van der Waals surface area contributed by atoms with Crippen molar-refractivity contribution in [3.05, 3.63) is 0 Å². The van der Waals surface area contributed by atoms with Gasteiger partial charge < -0.3 is 14.9 Å². The van der Waals surface area contributed by atoms with Crippen molar-refractivity contribution < 1.29 is 24.5 Å². The van der Waals surface area contributed by atoms with Crippen LogP contribution in [0.4, 0.5) is 0 Å². The Morgan fingerprint density at radius 3 is 0.787 bits per heavy atom. The molecule has 2 atom stereocenters. The second-order valence-electron chi connectivity index (χ2n) is 19.2. The first-order valence-electron chi connectivity index (χ1n) is 28.0. The van der Waals surface area contributed by atoms with Crippen molar-refractivity contribution in [2.45, 2.75) is 348 Å². The first kappa shape index (κ1) is 62.0. The van der Waals surface area contributed by atoms with Crippen LogP contribution in [0.3, 0.4) is 0 Å². The van der Waals surface area contributed by atoms with E-state index in [1.165, 1.54) is 244 Å². The van der Waals surface area contributed by atoms with Gasteiger partial charge >= 0.3 is 11.9 Å². The average molecular weight is 866 g/mol. The molecule has 366 valence electrons. The summed E-state index contributed by atoms with van der Waals surface area (Å²) in [6.45, 7) is 9.07. The summed E-state index contributed by atoms with van der Waals surface area (Å²) >= 11 is 0. The average Bonchev–Trinajstić information content (AvgIpc) is 3.25. The summed E-state index contributed by atoms with van der Waals surface area (Å²) in [5.41, 5.74) is 0. The van der Waals surface area contributed by atoms with Gasteiger partial charge in [-0.1, -0.05) is 297 Å². The van der Waals surface area contributed by atoms with Crippen molar-refractivity contribution in [1.29, 1.82) is 0 Å². The molecule has 0 heterocycles. The van der Waals surface area contributed by atoms with Crippen molar-refractivity contribution in [2.24, 2.45) is 0 Å². The Hall–Kier alpha value is -1.10. The molecule has 5 heteroatoms. The monoisotopic (exact) mass is 865 g/mol. The molecule has 2 unspecified atom stereocenters. The van der Waals surface area contributed by atoms with E-state index < -0.39 is 12.1 Å². The first-order chi connectivity index (χ1) is 29.9. The third-order valence-electron chi connectivity index (χ3n) is 12.9. The summed E-state index contributed by atoms with van der Waals surface area (Å²) < 4.78 is 5.31. The lowest BCUT2D eigenvalue weighted by atomic mass is 10.0. The van der Waals surface area contributed by atoms with E-state index >= 15 is 0 Å². The number of aliphatic carboxylic acids is 1. The second kappa shape index (κ2) is 55.0. The number of esters is 1. The van der Waals surface area contributed by atoms with Crippen molar-refractivity contribution in [2.75, 3.05) is 0 Å². The van der Waals surface area contributed by atoms with Crippen LogP contribution in [-0.4, -0.2) is 34.4 Å². The number of carbonyl (C=O) groups excluding carboxylic acids is 1. The summed E-state index contributed by atoms with van der Waals surface area (Å²) in [6, 6.07) is 0. The molecular weight excluding hydrogens is 753 g/mol. The lowest BCUT2D eigenvalue weighted by Crippen LogP contribution is -2.27. The van der Waals surface area contributed by atoms with Crippen molar-refractivity contribution >= 4 is 11.9 Å². The van der Waals surface area contributed by atoms with Crippen LogP contribution in [0.25, 0.3) is 0 Å². The maximum absolute atomic E-state index is 12.2. The van der Waals surface area contributed by atoms with Gasteiger partial charge in [0.1, 0.15) is 0 Å². The normalized spacial score (nSPS) is 12.3. The molecule has 61 heavy (non-hydrogen) atoms. The summed E-state index contributed by atoms with van der Waals surface area (Å²) in [4.78, 5) is 23.7. The number of carbonyl (C=O) groups is 2. The van der Waals surface area contributed by atoms with E-state index in [9.17, 15) is 19.8 Å². The number of carboxylic acid groups (broad SMARTS) is 1. The Bertz CT molecular complexity index is 830. The fourth-order valence-corrected chi connectivity index (χ4v) is 8.61. The number of aliphatic hydroxyl groups excluding tert-OH is 1. The number of ether oxygens (including phenoxy) is 1. The molecule has 0 spiro atoms. The van der Waals surface area contributed by atoms with E-state index in [2.05, 4.69) is 27.7 Å². The SMILES string of the molecule is CCCCCCCCCCCC(O)CCCCCCCC.CCCCCCCCCCCCCCCCCC(=O)OC(CCCCCCCCCCCCCCCC)C(=O)O. The van der Waals surface area contributed by atoms with Gasteiger partial charge in [-0.25, -0.2) is 4.79 Å². The number of hydrogen-bond donors (Lipinski definition) is 2. The summed E-state index contributed by atoms with van der Waals surface area (Å²) in [6.07, 6.45) is 59.4. The molecule has 5 nitrogen and oxygen atoms in total. The van der Waals surface area contributed by atoms with Crippen molar-refractivity contribution in [3.63, 3.8) is 0 Å². The van der Waals surface area contributed by atoms with Crippen LogP contribution in [0, 0.1) is 0 Å². The number of rotatable bonds is 50. The van der Waals surface area contributed by atoms with Gasteiger partial charge in [0.25, 0.3) is 0 Å². The van der Waals surface area contributed by atoms with Gasteiger partial charge in [0, 0.05) is 6.42 Å². The molecule has 0 radical (unpaired) electrons. The van der Waals surface area contributed by atoms with Gasteiger partial charge in [-0.3, -0.25) is 4.79 Å². The fourth-order valence-electron chi connectivity index (χ4n) is 8.61. The molecule has 0 aromatic heterocycles. The highest BCUT2D eigenvalue weighted by Gasteiger charge is 2.21. The molecule has 0 amide bonds. The predicted molar refractivity (Wildman–Crippen MR) is 268 cm³/mol. The zero-order valence-electron chi connectivity index (χ0n) is 42.2. The predicted octanol–water partition coefficient (Wildman–Crippen LogP) is 19.1. The third-order valence-corrected chi connectivity index (χ3v) is 12.9. The summed E-state index contributed by atoms with van der Waals surface area (Å²) in [7, 11) is 0. The zero-order chi connectivity index (χ0) is 45.0. The Morgan fingerprint density at radius 1 is 0.328 bits per heavy atom. The molecule has 0 saturated carbocycles. The molecule has 2 N–H and O–H groups in total. The van der Waals surface area contributed by atoms with Crippen LogP contribution in [-0.2, 0) is 14.3 Å². The lowest BCUT2D eigenvalue weighted by Gasteiger charge is -2.13. The fraction of sp³-hybridized carbons (Fsp3) is 0.964. The van der Waals surface area contributed by atoms with Crippen LogP contribution in [0.15, 0.2) is 0 Å². The van der Waals surface area contributed by atoms with E-state index in [0.717, 1.165) is 51.4 Å². The Morgan fingerprint density at radius 2 is 0.541 bits per heavy atom. The van der Waals surface area contributed by atoms with Gasteiger partial charge in [0.15, 0.2) is 6.10 Å². The van der Waals surface area contributed by atoms with Gasteiger partial charge in [0.05, 0.1) is 6.10 Å². The van der Waals surface area contributed by atoms with E-state index in [0.29, 0.717) is 12.8 Å². The minimum atomic E-state index is -1.00. The van der Waals surface area contributed by atoms with Crippen LogP contribution < -0.4 is 0 Å². The van der Waals surface area contributed by atoms with Crippen LogP contribution in [0.5, 0.6) is 0 Å². The minimum absolute atomic E-state index is 0.0271. The van der Waals surface area contributed by atoms with E-state index in [1.807, 2.05) is 0 Å². The molecule has 0 aliphatic heterocycles. The van der Waals surface area contributed by atoms with Crippen LogP contribution in [0.2, 0.25) is 0 Å². The molecule has 0 aromatic rings. The molecule has 0 bridgehead atoms. The topological polar surface area (TPSA) is 83.8 Å². The van der Waals surface area contributed by atoms with Gasteiger partial charge in [-0.2, -0.15) is 0 Å². The highest BCUT2D eigenvalue weighted by atomic mass is 16.6. The quantitative estimate of drug-likeness (QED) is 0.0470. The summed E-state index contributed by atoms with van der Waals surface area (Å²) in [5.74, 6) is -1.34. The molecule has 0 aliphatic rings. The largest absolute Gasteiger partial charge is 0.479 e. The summed E-state index contributed by atoms with van der Waals surface area (Å²) in [5, 5.41) is 19.4. The Labute approximate surface area is 383 Å². The van der Waals surface area contributed by atoms with Crippen molar-refractivity contribution in [1.82, 2.24) is 0 Å². The molecule has 0 fully saturated rings. The van der Waals surface area contributed by atoms with Crippen LogP contribution >= 0.6 is 0 Å². The number of hydrogen-bond acceptors (Lipinski definition) is 4. The van der Waals surface area contributed by atoms with Gasteiger partial charge in [-0.05, 0) is 32.1 Å². The third kappa shape index (κ3) is 55.0. The molecule has 0 aliphatic carbocycles.